The zero-order chi connectivity index (χ0) is 24.4. The summed E-state index contributed by atoms with van der Waals surface area (Å²) in [6.07, 6.45) is 3.35. The summed E-state index contributed by atoms with van der Waals surface area (Å²) < 4.78 is 13.2. The number of halogens is 1. The zero-order valence-electron chi connectivity index (χ0n) is 19.2. The number of likely N-dealkylation sites (N-methyl/N-ethyl adjacent to an activating group) is 1. The molecule has 0 aromatic heterocycles. The summed E-state index contributed by atoms with van der Waals surface area (Å²) in [6, 6.07) is 4.07. The molecule has 11 heteroatoms. The third-order valence-corrected chi connectivity index (χ3v) is 6.84. The van der Waals surface area contributed by atoms with Crippen molar-refractivity contribution in [3.63, 3.8) is 0 Å². The summed E-state index contributed by atoms with van der Waals surface area (Å²) in [6.45, 7) is 0.112. The number of carbonyl (C=O) groups is 4. The van der Waals surface area contributed by atoms with Gasteiger partial charge in [-0.2, -0.15) is 0 Å². The van der Waals surface area contributed by atoms with Gasteiger partial charge in [-0.05, 0) is 30.5 Å². The molecule has 2 saturated heterocycles. The first-order valence-electron chi connectivity index (χ1n) is 11.6. The quantitative estimate of drug-likeness (QED) is 0.665. The van der Waals surface area contributed by atoms with Gasteiger partial charge in [0.1, 0.15) is 18.0 Å². The normalized spacial score (nSPS) is 24.2. The fourth-order valence-corrected chi connectivity index (χ4v) is 5.21. The molecule has 184 valence electrons. The second kappa shape index (κ2) is 9.96. The molecule has 10 nitrogen and oxygen atoms in total. The van der Waals surface area contributed by atoms with E-state index in [-0.39, 0.29) is 37.4 Å². The summed E-state index contributed by atoms with van der Waals surface area (Å²) in [4.78, 5) is 54.1. The van der Waals surface area contributed by atoms with Gasteiger partial charge >= 0.3 is 12.0 Å². The molecular weight excluding hydrogens is 445 g/mol. The summed E-state index contributed by atoms with van der Waals surface area (Å²) >= 11 is 0. The number of rotatable bonds is 5. The molecule has 1 aromatic rings. The van der Waals surface area contributed by atoms with Crippen molar-refractivity contribution in [3.05, 3.63) is 35.6 Å². The predicted octanol–water partition coefficient (Wildman–Crippen LogP) is 1.37. The molecule has 2 atom stereocenters. The minimum atomic E-state index is -1.18. The number of carboxylic acid groups (broad SMARTS) is 1. The molecule has 0 bridgehead atoms. The van der Waals surface area contributed by atoms with E-state index in [2.05, 4.69) is 5.32 Å². The number of amides is 4. The Kier molecular flexibility index (Phi) is 7.01. The average molecular weight is 476 g/mol. The fraction of sp³-hybridized carbons (Fsp3) is 0.565. The van der Waals surface area contributed by atoms with Crippen LogP contribution in [0.15, 0.2) is 24.3 Å². The number of nitrogens with zero attached hydrogens (tertiary/aromatic N) is 4. The second-order valence-corrected chi connectivity index (χ2v) is 9.12. The van der Waals surface area contributed by atoms with E-state index in [0.717, 1.165) is 32.1 Å². The van der Waals surface area contributed by atoms with Crippen molar-refractivity contribution in [1.82, 2.24) is 25.1 Å². The van der Waals surface area contributed by atoms with Crippen LogP contribution in [0.25, 0.3) is 0 Å². The van der Waals surface area contributed by atoms with Gasteiger partial charge in [0.15, 0.2) is 0 Å². The molecule has 0 spiro atoms. The minimum absolute atomic E-state index is 0.0360. The van der Waals surface area contributed by atoms with E-state index in [4.69, 9.17) is 0 Å². The number of hydrogen-bond donors (Lipinski definition) is 2. The SMILES string of the molecule is CN1CC(=O)N2C(CC(=O)O)C(=O)N(C3CCCCC3)C[C@@H]2N1C(=O)NCc1ccc(F)cc1. The lowest BCUT2D eigenvalue weighted by Crippen LogP contribution is -2.76. The number of piperazine rings is 1. The summed E-state index contributed by atoms with van der Waals surface area (Å²) in [5, 5.41) is 15.2. The van der Waals surface area contributed by atoms with E-state index in [9.17, 15) is 28.7 Å². The number of aliphatic carboxylic acids is 1. The van der Waals surface area contributed by atoms with Gasteiger partial charge < -0.3 is 20.2 Å². The number of carbonyl (C=O) groups excluding carboxylic acids is 3. The summed E-state index contributed by atoms with van der Waals surface area (Å²) in [7, 11) is 1.61. The minimum Gasteiger partial charge on any atom is -0.481 e. The summed E-state index contributed by atoms with van der Waals surface area (Å²) in [5.74, 6) is -2.31. The van der Waals surface area contributed by atoms with Crippen LogP contribution in [0.3, 0.4) is 0 Å². The number of hydrogen-bond acceptors (Lipinski definition) is 5. The number of fused-ring (bicyclic) bond motifs is 1. The number of nitrogens with one attached hydrogen (secondary N) is 1. The van der Waals surface area contributed by atoms with Crippen molar-refractivity contribution in [3.8, 4) is 0 Å². The molecule has 4 amide bonds. The van der Waals surface area contributed by atoms with Gasteiger partial charge in [0.05, 0.1) is 19.5 Å². The number of hydrazine groups is 1. The number of carboxylic acids is 1. The van der Waals surface area contributed by atoms with Crippen molar-refractivity contribution >= 4 is 23.8 Å². The summed E-state index contributed by atoms with van der Waals surface area (Å²) in [5.41, 5.74) is 0.703. The van der Waals surface area contributed by atoms with Crippen LogP contribution in [0.2, 0.25) is 0 Å². The van der Waals surface area contributed by atoms with Crippen molar-refractivity contribution in [1.29, 1.82) is 0 Å². The van der Waals surface area contributed by atoms with Crippen molar-refractivity contribution < 1.29 is 28.7 Å². The average Bonchev–Trinajstić information content (AvgIpc) is 2.80. The molecule has 3 fully saturated rings. The van der Waals surface area contributed by atoms with Gasteiger partial charge in [-0.25, -0.2) is 19.2 Å². The Bertz CT molecular complexity index is 952. The number of benzene rings is 1. The first kappa shape index (κ1) is 23.9. The maximum atomic E-state index is 13.4. The third-order valence-electron chi connectivity index (χ3n) is 6.84. The molecule has 2 N–H and O–H groups in total. The van der Waals surface area contributed by atoms with Crippen LogP contribution in [0, 0.1) is 5.82 Å². The van der Waals surface area contributed by atoms with E-state index in [0.29, 0.717) is 5.56 Å². The van der Waals surface area contributed by atoms with Crippen LogP contribution in [0.1, 0.15) is 44.1 Å². The standard InChI is InChI=1S/C23H30FN5O5/c1-26-14-20(30)28-18(11-21(31)32)22(33)27(17-5-3-2-4-6-17)13-19(28)29(26)23(34)25-12-15-7-9-16(24)10-8-15/h7-10,17-19H,2-6,11-14H2,1H3,(H,25,34)(H,31,32)/t18?,19-/m0/s1. The smallest absolute Gasteiger partial charge is 0.334 e. The Hall–Kier alpha value is -3.21. The van der Waals surface area contributed by atoms with Gasteiger partial charge in [0.2, 0.25) is 11.8 Å². The highest BCUT2D eigenvalue weighted by atomic mass is 19.1. The fourth-order valence-electron chi connectivity index (χ4n) is 5.21. The monoisotopic (exact) mass is 475 g/mol. The Morgan fingerprint density at radius 3 is 2.44 bits per heavy atom. The van der Waals surface area contributed by atoms with Crippen molar-refractivity contribution in [2.45, 2.75) is 63.3 Å². The Morgan fingerprint density at radius 1 is 1.12 bits per heavy atom. The highest BCUT2D eigenvalue weighted by molar-refractivity contribution is 5.93. The van der Waals surface area contributed by atoms with E-state index < -0.39 is 36.5 Å². The molecule has 1 unspecified atom stereocenters. The number of urea groups is 1. The van der Waals surface area contributed by atoms with Gasteiger partial charge in [-0.1, -0.05) is 31.4 Å². The zero-order valence-corrected chi connectivity index (χ0v) is 19.2. The Balaban J connectivity index is 1.59. The molecule has 0 radical (unpaired) electrons. The largest absolute Gasteiger partial charge is 0.481 e. The molecule has 3 aliphatic rings. The van der Waals surface area contributed by atoms with Gasteiger partial charge in [0.25, 0.3) is 0 Å². The molecular formula is C23H30FN5O5. The lowest BCUT2D eigenvalue weighted by Gasteiger charge is -2.55. The first-order valence-corrected chi connectivity index (χ1v) is 11.6. The second-order valence-electron chi connectivity index (χ2n) is 9.12. The van der Waals surface area contributed by atoms with E-state index >= 15 is 0 Å². The lowest BCUT2D eigenvalue weighted by molar-refractivity contribution is -0.191. The Morgan fingerprint density at radius 2 is 1.79 bits per heavy atom. The van der Waals surface area contributed by atoms with Crippen LogP contribution in [0.5, 0.6) is 0 Å². The van der Waals surface area contributed by atoms with Gasteiger partial charge in [-0.3, -0.25) is 14.4 Å². The Labute approximate surface area is 197 Å². The van der Waals surface area contributed by atoms with E-state index in [1.807, 2.05) is 0 Å². The first-order chi connectivity index (χ1) is 16.3. The molecule has 2 heterocycles. The van der Waals surface area contributed by atoms with Gasteiger partial charge in [0, 0.05) is 19.6 Å². The maximum absolute atomic E-state index is 13.4. The third kappa shape index (κ3) is 4.84. The van der Waals surface area contributed by atoms with Crippen LogP contribution in [-0.4, -0.2) is 87.1 Å². The van der Waals surface area contributed by atoms with E-state index in [1.54, 1.807) is 24.1 Å². The highest BCUT2D eigenvalue weighted by Gasteiger charge is 2.52. The van der Waals surface area contributed by atoms with Crippen LogP contribution >= 0.6 is 0 Å². The van der Waals surface area contributed by atoms with Crippen LogP contribution in [0.4, 0.5) is 9.18 Å². The van der Waals surface area contributed by atoms with Crippen molar-refractivity contribution in [2.75, 3.05) is 20.1 Å². The molecule has 4 rings (SSSR count). The highest BCUT2D eigenvalue weighted by Crippen LogP contribution is 2.32. The maximum Gasteiger partial charge on any atom is 0.334 e. The van der Waals surface area contributed by atoms with Crippen molar-refractivity contribution in [2.24, 2.45) is 0 Å². The topological polar surface area (TPSA) is 114 Å². The van der Waals surface area contributed by atoms with E-state index in [1.165, 1.54) is 27.1 Å². The molecule has 34 heavy (non-hydrogen) atoms. The lowest BCUT2D eigenvalue weighted by atomic mass is 9.92. The molecule has 1 aromatic carbocycles. The van der Waals surface area contributed by atoms with Crippen LogP contribution in [-0.2, 0) is 20.9 Å². The molecule has 2 aliphatic heterocycles. The van der Waals surface area contributed by atoms with Gasteiger partial charge in [-0.15, -0.1) is 0 Å². The van der Waals surface area contributed by atoms with Crippen LogP contribution < -0.4 is 5.32 Å². The predicted molar refractivity (Wildman–Crippen MR) is 118 cm³/mol. The molecule has 1 aliphatic carbocycles. The molecule has 1 saturated carbocycles.